The second-order valence-corrected chi connectivity index (χ2v) is 3.16. The van der Waals surface area contributed by atoms with Crippen LogP contribution in [0.15, 0.2) is 22.8 Å². The lowest BCUT2D eigenvalue weighted by Gasteiger charge is -2.06. The number of halogens is 1. The maximum absolute atomic E-state index is 5.65. The van der Waals surface area contributed by atoms with Crippen molar-refractivity contribution >= 4 is 15.9 Å². The summed E-state index contributed by atoms with van der Waals surface area (Å²) >= 11 is 3.32. The Hall–Kier alpha value is -0.450. The normalized spacial score (nSPS) is 13.0. The number of hydrogen-bond donors (Lipinski definition) is 2. The van der Waals surface area contributed by atoms with Crippen molar-refractivity contribution in [3.8, 4) is 0 Å². The van der Waals surface area contributed by atoms with Crippen molar-refractivity contribution < 1.29 is 0 Å². The van der Waals surface area contributed by atoms with Crippen LogP contribution in [0.2, 0.25) is 0 Å². The average molecular weight is 216 g/mol. The zero-order valence-electron chi connectivity index (χ0n) is 6.00. The molecule has 0 aromatic carbocycles. The van der Waals surface area contributed by atoms with Crippen molar-refractivity contribution in [3.05, 3.63) is 28.5 Å². The molecule has 0 fully saturated rings. The third-order valence-corrected chi connectivity index (χ3v) is 1.87. The van der Waals surface area contributed by atoms with E-state index in [-0.39, 0.29) is 6.04 Å². The van der Waals surface area contributed by atoms with Crippen molar-refractivity contribution in [2.45, 2.75) is 6.04 Å². The molecule has 1 rings (SSSR count). The second-order valence-electron chi connectivity index (χ2n) is 2.24. The van der Waals surface area contributed by atoms with E-state index in [1.807, 2.05) is 12.1 Å². The first kappa shape index (κ1) is 8.64. The summed E-state index contributed by atoms with van der Waals surface area (Å²) in [6.45, 7) is 0.420. The van der Waals surface area contributed by atoms with Gasteiger partial charge in [-0.3, -0.25) is 4.98 Å². The number of nitrogens with zero attached hydrogens (tertiary/aromatic N) is 1. The maximum atomic E-state index is 5.65. The summed E-state index contributed by atoms with van der Waals surface area (Å²) in [4.78, 5) is 4.08. The molecule has 3 nitrogen and oxygen atoms in total. The molecule has 0 saturated carbocycles. The van der Waals surface area contributed by atoms with Gasteiger partial charge < -0.3 is 11.5 Å². The van der Waals surface area contributed by atoms with E-state index in [0.717, 1.165) is 10.2 Å². The van der Waals surface area contributed by atoms with Gasteiger partial charge in [0.25, 0.3) is 0 Å². The molecule has 1 aromatic heterocycles. The second kappa shape index (κ2) is 3.80. The number of pyridine rings is 1. The van der Waals surface area contributed by atoms with Crippen LogP contribution < -0.4 is 11.5 Å². The van der Waals surface area contributed by atoms with Gasteiger partial charge in [-0.25, -0.2) is 0 Å². The lowest BCUT2D eigenvalue weighted by atomic mass is 10.2. The molecule has 0 amide bonds. The summed E-state index contributed by atoms with van der Waals surface area (Å²) in [5, 5.41) is 0. The zero-order chi connectivity index (χ0) is 8.27. The van der Waals surface area contributed by atoms with Crippen LogP contribution >= 0.6 is 15.9 Å². The van der Waals surface area contributed by atoms with Crippen LogP contribution in [0, 0.1) is 0 Å². The Balaban J connectivity index is 2.86. The number of aromatic nitrogens is 1. The van der Waals surface area contributed by atoms with E-state index in [1.54, 1.807) is 6.20 Å². The highest BCUT2D eigenvalue weighted by Gasteiger charge is 2.03. The molecule has 0 saturated heterocycles. The summed E-state index contributed by atoms with van der Waals surface area (Å²) in [5.74, 6) is 0. The largest absolute Gasteiger partial charge is 0.329 e. The van der Waals surface area contributed by atoms with Crippen LogP contribution in [0.4, 0.5) is 0 Å². The molecule has 4 heteroatoms. The first-order chi connectivity index (χ1) is 5.24. The molecular weight excluding hydrogens is 206 g/mol. The molecule has 0 bridgehead atoms. The van der Waals surface area contributed by atoms with Gasteiger partial charge >= 0.3 is 0 Å². The fourth-order valence-corrected chi connectivity index (χ4v) is 1.10. The first-order valence-corrected chi connectivity index (χ1v) is 4.10. The van der Waals surface area contributed by atoms with Gasteiger partial charge in [0.1, 0.15) is 0 Å². The van der Waals surface area contributed by atoms with Gasteiger partial charge in [0, 0.05) is 17.2 Å². The summed E-state index contributed by atoms with van der Waals surface area (Å²) in [6.07, 6.45) is 1.70. The minimum absolute atomic E-state index is 0.160. The Morgan fingerprint density at radius 3 is 2.91 bits per heavy atom. The fraction of sp³-hybridized carbons (Fsp3) is 0.286. The van der Waals surface area contributed by atoms with Gasteiger partial charge in [-0.2, -0.15) is 0 Å². The molecule has 0 aliphatic rings. The highest BCUT2D eigenvalue weighted by molar-refractivity contribution is 9.10. The van der Waals surface area contributed by atoms with E-state index in [9.17, 15) is 0 Å². The van der Waals surface area contributed by atoms with Crippen molar-refractivity contribution in [1.29, 1.82) is 0 Å². The van der Waals surface area contributed by atoms with E-state index in [2.05, 4.69) is 20.9 Å². The smallest absolute Gasteiger partial charge is 0.0595 e. The summed E-state index contributed by atoms with van der Waals surface area (Å²) < 4.78 is 0.978. The average Bonchev–Trinajstić information content (AvgIpc) is 2.03. The third-order valence-electron chi connectivity index (χ3n) is 1.38. The SMILES string of the molecule is NCC(N)c1cc(Br)ccn1. The molecule has 1 atom stereocenters. The number of rotatable bonds is 2. The van der Waals surface area contributed by atoms with Gasteiger partial charge in [-0.05, 0) is 12.1 Å². The number of nitrogens with two attached hydrogens (primary N) is 2. The Labute approximate surface area is 73.9 Å². The Kier molecular flexibility index (Phi) is 2.99. The van der Waals surface area contributed by atoms with Crippen LogP contribution in [0.1, 0.15) is 11.7 Å². The summed E-state index contributed by atoms with van der Waals surface area (Å²) in [6, 6.07) is 3.57. The van der Waals surface area contributed by atoms with Crippen molar-refractivity contribution in [2.24, 2.45) is 11.5 Å². The fourth-order valence-electron chi connectivity index (χ4n) is 0.745. The molecule has 0 spiro atoms. The number of hydrogen-bond acceptors (Lipinski definition) is 3. The van der Waals surface area contributed by atoms with Gasteiger partial charge in [0.05, 0.1) is 11.7 Å². The Morgan fingerprint density at radius 1 is 1.64 bits per heavy atom. The Morgan fingerprint density at radius 2 is 2.36 bits per heavy atom. The quantitative estimate of drug-likeness (QED) is 0.768. The van der Waals surface area contributed by atoms with E-state index in [0.29, 0.717) is 6.54 Å². The predicted molar refractivity (Wildman–Crippen MR) is 47.9 cm³/mol. The zero-order valence-corrected chi connectivity index (χ0v) is 7.58. The maximum Gasteiger partial charge on any atom is 0.0595 e. The van der Waals surface area contributed by atoms with E-state index in [1.165, 1.54) is 0 Å². The van der Waals surface area contributed by atoms with Gasteiger partial charge in [0.15, 0.2) is 0 Å². The molecule has 60 valence electrons. The van der Waals surface area contributed by atoms with Gasteiger partial charge in [-0.15, -0.1) is 0 Å². The minimum Gasteiger partial charge on any atom is -0.329 e. The topological polar surface area (TPSA) is 64.9 Å². The molecule has 11 heavy (non-hydrogen) atoms. The first-order valence-electron chi connectivity index (χ1n) is 3.31. The predicted octanol–water partition coefficient (Wildman–Crippen LogP) is 0.803. The van der Waals surface area contributed by atoms with E-state index >= 15 is 0 Å². The van der Waals surface area contributed by atoms with Crippen LogP contribution in [0.5, 0.6) is 0 Å². The lowest BCUT2D eigenvalue weighted by molar-refractivity contribution is 0.710. The van der Waals surface area contributed by atoms with E-state index in [4.69, 9.17) is 11.5 Å². The third kappa shape index (κ3) is 2.25. The van der Waals surface area contributed by atoms with Crippen molar-refractivity contribution in [2.75, 3.05) is 6.54 Å². The highest BCUT2D eigenvalue weighted by atomic mass is 79.9. The van der Waals surface area contributed by atoms with Crippen LogP contribution in [0.3, 0.4) is 0 Å². The van der Waals surface area contributed by atoms with Gasteiger partial charge in [0.2, 0.25) is 0 Å². The molecule has 0 aliphatic carbocycles. The van der Waals surface area contributed by atoms with E-state index < -0.39 is 0 Å². The molecule has 1 heterocycles. The molecule has 0 aliphatic heterocycles. The highest BCUT2D eigenvalue weighted by Crippen LogP contribution is 2.12. The van der Waals surface area contributed by atoms with Crippen LogP contribution in [0.25, 0.3) is 0 Å². The monoisotopic (exact) mass is 215 g/mol. The molecule has 4 N–H and O–H groups in total. The van der Waals surface area contributed by atoms with Crippen molar-refractivity contribution in [3.63, 3.8) is 0 Å². The molecule has 1 unspecified atom stereocenters. The van der Waals surface area contributed by atoms with Gasteiger partial charge in [-0.1, -0.05) is 15.9 Å². The summed E-state index contributed by atoms with van der Waals surface area (Å²) in [7, 11) is 0. The summed E-state index contributed by atoms with van der Waals surface area (Å²) in [5.41, 5.74) is 11.8. The molecular formula is C7H10BrN3. The standard InChI is InChI=1S/C7H10BrN3/c8-5-1-2-11-7(3-5)6(10)4-9/h1-3,6H,4,9-10H2. The van der Waals surface area contributed by atoms with Crippen LogP contribution in [-0.4, -0.2) is 11.5 Å². The Bertz CT molecular complexity index is 239. The molecule has 1 aromatic rings. The lowest BCUT2D eigenvalue weighted by Crippen LogP contribution is -2.21. The minimum atomic E-state index is -0.160. The van der Waals surface area contributed by atoms with Crippen molar-refractivity contribution in [1.82, 2.24) is 4.98 Å². The van der Waals surface area contributed by atoms with Crippen LogP contribution in [-0.2, 0) is 0 Å². The molecule has 0 radical (unpaired) electrons.